The maximum atomic E-state index is 6.02. The van der Waals surface area contributed by atoms with E-state index in [1.165, 1.54) is 0 Å². The monoisotopic (exact) mass is 304 g/mol. The van der Waals surface area contributed by atoms with E-state index < -0.39 is 0 Å². The van der Waals surface area contributed by atoms with Gasteiger partial charge in [-0.2, -0.15) is 0 Å². The summed E-state index contributed by atoms with van der Waals surface area (Å²) in [6.07, 6.45) is 0. The molecule has 3 N–H and O–H groups in total. The van der Waals surface area contributed by atoms with E-state index in [2.05, 4.69) is 5.43 Å². The molecule has 4 nitrogen and oxygen atoms in total. The first-order valence-electron chi connectivity index (χ1n) is 6.73. The van der Waals surface area contributed by atoms with Gasteiger partial charge in [0.05, 0.1) is 0 Å². The van der Waals surface area contributed by atoms with Gasteiger partial charge in [-0.15, -0.1) is 0 Å². The third-order valence-electron chi connectivity index (χ3n) is 3.85. The van der Waals surface area contributed by atoms with Gasteiger partial charge in [0.1, 0.15) is 28.9 Å². The summed E-state index contributed by atoms with van der Waals surface area (Å²) >= 11 is 6.02. The molecule has 0 spiro atoms. The molecule has 21 heavy (non-hydrogen) atoms. The standard InChI is InChI=1S/C16H17ClN2O2/c1-8-9(2)20-10(3)15(8)16(19-18)14-7-11-6-12(17)4-5-13(11)21-14/h4-7,16,19H,18H2,1-3H3. The molecule has 1 unspecified atom stereocenters. The van der Waals surface area contributed by atoms with Crippen LogP contribution in [0.3, 0.4) is 0 Å². The number of nitrogens with one attached hydrogen (secondary N) is 1. The summed E-state index contributed by atoms with van der Waals surface area (Å²) in [5.74, 6) is 8.23. The molecule has 0 aliphatic rings. The van der Waals surface area contributed by atoms with Crippen molar-refractivity contribution in [2.45, 2.75) is 26.8 Å². The number of halogens is 1. The molecular formula is C16H17ClN2O2. The summed E-state index contributed by atoms with van der Waals surface area (Å²) in [5, 5.41) is 1.63. The first-order valence-corrected chi connectivity index (χ1v) is 7.10. The minimum Gasteiger partial charge on any atom is -0.466 e. The van der Waals surface area contributed by atoms with E-state index in [1.54, 1.807) is 6.07 Å². The SMILES string of the molecule is Cc1oc(C)c(C(NN)c2cc3cc(Cl)ccc3o2)c1C. The Morgan fingerprint density at radius 3 is 2.48 bits per heavy atom. The van der Waals surface area contributed by atoms with Crippen LogP contribution in [0.25, 0.3) is 11.0 Å². The molecule has 2 heterocycles. The fourth-order valence-electron chi connectivity index (χ4n) is 2.72. The average molecular weight is 305 g/mol. The van der Waals surface area contributed by atoms with Crippen molar-refractivity contribution in [3.8, 4) is 0 Å². The molecule has 0 fully saturated rings. The average Bonchev–Trinajstić information content (AvgIpc) is 2.95. The van der Waals surface area contributed by atoms with Crippen LogP contribution in [0.15, 0.2) is 33.1 Å². The number of hydrogen-bond acceptors (Lipinski definition) is 4. The summed E-state index contributed by atoms with van der Waals surface area (Å²) < 4.78 is 11.6. The Bertz CT molecular complexity index is 804. The number of fused-ring (bicyclic) bond motifs is 1. The van der Waals surface area contributed by atoms with Gasteiger partial charge >= 0.3 is 0 Å². The summed E-state index contributed by atoms with van der Waals surface area (Å²) in [5.41, 5.74) is 5.69. The lowest BCUT2D eigenvalue weighted by molar-refractivity contribution is 0.461. The predicted octanol–water partition coefficient (Wildman–Crippen LogP) is 4.16. The summed E-state index contributed by atoms with van der Waals surface area (Å²) in [6, 6.07) is 7.23. The fourth-order valence-corrected chi connectivity index (χ4v) is 2.90. The van der Waals surface area contributed by atoms with E-state index in [9.17, 15) is 0 Å². The lowest BCUT2D eigenvalue weighted by Gasteiger charge is -2.13. The lowest BCUT2D eigenvalue weighted by Crippen LogP contribution is -2.29. The number of furan rings is 2. The van der Waals surface area contributed by atoms with Crippen LogP contribution in [0.2, 0.25) is 5.02 Å². The molecule has 0 saturated carbocycles. The molecule has 1 aromatic carbocycles. The zero-order chi connectivity index (χ0) is 15.1. The molecule has 5 heteroatoms. The Kier molecular flexibility index (Phi) is 3.53. The van der Waals surface area contributed by atoms with Gasteiger partial charge in [0.25, 0.3) is 0 Å². The van der Waals surface area contributed by atoms with Crippen molar-refractivity contribution in [2.24, 2.45) is 5.84 Å². The van der Waals surface area contributed by atoms with Gasteiger partial charge in [0.2, 0.25) is 0 Å². The number of benzene rings is 1. The molecule has 0 saturated heterocycles. The van der Waals surface area contributed by atoms with E-state index in [1.807, 2.05) is 39.0 Å². The fraction of sp³-hybridized carbons (Fsp3) is 0.250. The number of hydrazine groups is 1. The van der Waals surface area contributed by atoms with Gasteiger partial charge in [-0.3, -0.25) is 5.84 Å². The van der Waals surface area contributed by atoms with Crippen molar-refractivity contribution in [3.05, 3.63) is 57.7 Å². The molecule has 0 aliphatic heterocycles. The molecule has 0 aliphatic carbocycles. The third kappa shape index (κ3) is 2.35. The quantitative estimate of drug-likeness (QED) is 0.563. The Balaban J connectivity index is 2.13. The first kappa shape index (κ1) is 14.2. The highest BCUT2D eigenvalue weighted by molar-refractivity contribution is 6.31. The maximum absolute atomic E-state index is 6.02. The summed E-state index contributed by atoms with van der Waals surface area (Å²) in [7, 11) is 0. The van der Waals surface area contributed by atoms with Crippen molar-refractivity contribution >= 4 is 22.6 Å². The van der Waals surface area contributed by atoms with Crippen LogP contribution in [0.4, 0.5) is 0 Å². The van der Waals surface area contributed by atoms with Crippen molar-refractivity contribution in [1.82, 2.24) is 5.43 Å². The van der Waals surface area contributed by atoms with E-state index in [-0.39, 0.29) is 6.04 Å². The lowest BCUT2D eigenvalue weighted by atomic mass is 10.0. The van der Waals surface area contributed by atoms with Crippen LogP contribution in [0, 0.1) is 20.8 Å². The van der Waals surface area contributed by atoms with Crippen LogP contribution in [-0.2, 0) is 0 Å². The molecule has 3 rings (SSSR count). The zero-order valence-corrected chi connectivity index (χ0v) is 12.9. The Morgan fingerprint density at radius 1 is 1.10 bits per heavy atom. The second kappa shape index (κ2) is 5.22. The Labute approximate surface area is 127 Å². The minimum absolute atomic E-state index is 0.256. The largest absolute Gasteiger partial charge is 0.466 e. The van der Waals surface area contributed by atoms with Gasteiger partial charge in [-0.05, 0) is 50.6 Å². The van der Waals surface area contributed by atoms with Crippen LogP contribution < -0.4 is 11.3 Å². The molecule has 0 radical (unpaired) electrons. The molecule has 3 aromatic rings. The van der Waals surface area contributed by atoms with E-state index in [0.717, 1.165) is 39.4 Å². The highest BCUT2D eigenvalue weighted by Gasteiger charge is 2.24. The van der Waals surface area contributed by atoms with Crippen molar-refractivity contribution in [1.29, 1.82) is 0 Å². The second-order valence-corrected chi connectivity index (χ2v) is 5.62. The number of nitrogens with two attached hydrogens (primary N) is 1. The van der Waals surface area contributed by atoms with E-state index >= 15 is 0 Å². The zero-order valence-electron chi connectivity index (χ0n) is 12.2. The normalized spacial score (nSPS) is 13.0. The Hall–Kier alpha value is -1.75. The molecular weight excluding hydrogens is 288 g/mol. The number of aryl methyl sites for hydroxylation is 2. The second-order valence-electron chi connectivity index (χ2n) is 5.18. The van der Waals surface area contributed by atoms with Crippen LogP contribution in [0.1, 0.15) is 34.4 Å². The molecule has 2 aromatic heterocycles. The topological polar surface area (TPSA) is 64.3 Å². The molecule has 0 amide bonds. The number of hydrogen-bond donors (Lipinski definition) is 2. The summed E-state index contributed by atoms with van der Waals surface area (Å²) in [4.78, 5) is 0. The first-order chi connectivity index (χ1) is 10.0. The Morgan fingerprint density at radius 2 is 1.86 bits per heavy atom. The molecule has 110 valence electrons. The van der Waals surface area contributed by atoms with Crippen LogP contribution >= 0.6 is 11.6 Å². The van der Waals surface area contributed by atoms with E-state index in [0.29, 0.717) is 5.02 Å². The van der Waals surface area contributed by atoms with Gasteiger partial charge < -0.3 is 8.83 Å². The smallest absolute Gasteiger partial charge is 0.134 e. The third-order valence-corrected chi connectivity index (χ3v) is 4.09. The van der Waals surface area contributed by atoms with Crippen LogP contribution in [0.5, 0.6) is 0 Å². The predicted molar refractivity (Wildman–Crippen MR) is 83.3 cm³/mol. The van der Waals surface area contributed by atoms with E-state index in [4.69, 9.17) is 26.3 Å². The van der Waals surface area contributed by atoms with Gasteiger partial charge in [0, 0.05) is 16.0 Å². The van der Waals surface area contributed by atoms with Gasteiger partial charge in [0.15, 0.2) is 0 Å². The molecule has 0 bridgehead atoms. The van der Waals surface area contributed by atoms with Crippen LogP contribution in [-0.4, -0.2) is 0 Å². The minimum atomic E-state index is -0.256. The maximum Gasteiger partial charge on any atom is 0.134 e. The number of rotatable bonds is 3. The van der Waals surface area contributed by atoms with Crippen molar-refractivity contribution in [3.63, 3.8) is 0 Å². The highest BCUT2D eigenvalue weighted by Crippen LogP contribution is 2.34. The van der Waals surface area contributed by atoms with Crippen molar-refractivity contribution < 1.29 is 8.83 Å². The summed E-state index contributed by atoms with van der Waals surface area (Å²) in [6.45, 7) is 5.89. The highest BCUT2D eigenvalue weighted by atomic mass is 35.5. The molecule has 1 atom stereocenters. The van der Waals surface area contributed by atoms with Gasteiger partial charge in [-0.25, -0.2) is 5.43 Å². The van der Waals surface area contributed by atoms with Crippen molar-refractivity contribution in [2.75, 3.05) is 0 Å². The van der Waals surface area contributed by atoms with Gasteiger partial charge in [-0.1, -0.05) is 11.6 Å².